The van der Waals surface area contributed by atoms with Gasteiger partial charge in [-0.15, -0.1) is 0 Å². The van der Waals surface area contributed by atoms with Crippen LogP contribution in [0.2, 0.25) is 0 Å². The molecule has 0 saturated carbocycles. The van der Waals surface area contributed by atoms with E-state index in [9.17, 15) is 9.18 Å². The Kier molecular flexibility index (Phi) is 4.28. The van der Waals surface area contributed by atoms with Crippen LogP contribution in [0.3, 0.4) is 0 Å². The van der Waals surface area contributed by atoms with Gasteiger partial charge in [0.25, 0.3) is 0 Å². The highest BCUT2D eigenvalue weighted by Crippen LogP contribution is 2.40. The number of fused-ring (bicyclic) bond motifs is 4. The summed E-state index contributed by atoms with van der Waals surface area (Å²) in [5.74, 6) is 0.891. The first kappa shape index (κ1) is 18.7. The fourth-order valence-electron chi connectivity index (χ4n) is 4.65. The molecule has 0 saturated heterocycles. The van der Waals surface area contributed by atoms with E-state index in [2.05, 4.69) is 16.4 Å². The number of carbonyl (C=O) groups is 1. The maximum atomic E-state index is 14.9. The SMILES string of the molecule is O=C(Nc1ccc2c(c1)OCO2)N1CCc2c([nH]c3ccccc23)[C@H]1c1ccccc1F. The molecular formula is C25H20FN3O3. The van der Waals surface area contributed by atoms with Gasteiger partial charge in [-0.25, -0.2) is 9.18 Å². The highest BCUT2D eigenvalue weighted by Gasteiger charge is 2.36. The number of nitrogens with one attached hydrogen (secondary N) is 2. The standard InChI is InChI=1S/C25H20FN3O3/c26-19-7-3-1-6-18(19)24-23-17(16-5-2-4-8-20(16)28-23)11-12-29(24)25(30)27-15-9-10-21-22(13-15)32-14-31-21/h1-10,13,24,28H,11-12,14H2,(H,27,30)/t24-/m1/s1. The van der Waals surface area contributed by atoms with Crippen LogP contribution in [-0.4, -0.2) is 29.3 Å². The van der Waals surface area contributed by atoms with Crippen LogP contribution in [0.15, 0.2) is 66.7 Å². The number of para-hydroxylation sites is 1. The number of aromatic amines is 1. The van der Waals surface area contributed by atoms with Crippen molar-refractivity contribution in [2.24, 2.45) is 0 Å². The molecular weight excluding hydrogens is 409 g/mol. The van der Waals surface area contributed by atoms with Crippen LogP contribution >= 0.6 is 0 Å². The number of aromatic nitrogens is 1. The van der Waals surface area contributed by atoms with Crippen molar-refractivity contribution in [2.45, 2.75) is 12.5 Å². The molecule has 2 aliphatic heterocycles. The zero-order valence-electron chi connectivity index (χ0n) is 17.1. The Morgan fingerprint density at radius 1 is 1.03 bits per heavy atom. The minimum Gasteiger partial charge on any atom is -0.454 e. The number of rotatable bonds is 2. The molecule has 6 nitrogen and oxygen atoms in total. The molecule has 2 aliphatic rings. The Labute approximate surface area is 183 Å². The number of anilines is 1. The third kappa shape index (κ3) is 2.97. The molecule has 4 aromatic rings. The zero-order chi connectivity index (χ0) is 21.7. The number of halogens is 1. The van der Waals surface area contributed by atoms with E-state index in [1.54, 1.807) is 41.3 Å². The third-order valence-electron chi connectivity index (χ3n) is 6.12. The summed E-state index contributed by atoms with van der Waals surface area (Å²) in [5, 5.41) is 4.05. The lowest BCUT2D eigenvalue weighted by atomic mass is 9.92. The van der Waals surface area contributed by atoms with Crippen LogP contribution < -0.4 is 14.8 Å². The van der Waals surface area contributed by atoms with Crippen molar-refractivity contribution >= 4 is 22.6 Å². The first-order chi connectivity index (χ1) is 15.7. The van der Waals surface area contributed by atoms with Gasteiger partial charge < -0.3 is 24.7 Å². The number of ether oxygens (including phenoxy) is 2. The minimum atomic E-state index is -0.568. The molecule has 0 spiro atoms. The molecule has 0 radical (unpaired) electrons. The summed E-state index contributed by atoms with van der Waals surface area (Å²) < 4.78 is 25.7. The predicted octanol–water partition coefficient (Wildman–Crippen LogP) is 5.22. The number of benzene rings is 3. The van der Waals surface area contributed by atoms with Crippen LogP contribution in [0, 0.1) is 5.82 Å². The number of amides is 2. The Balaban J connectivity index is 1.41. The smallest absolute Gasteiger partial charge is 0.322 e. The first-order valence-electron chi connectivity index (χ1n) is 10.5. The lowest BCUT2D eigenvalue weighted by molar-refractivity contribution is 0.174. The molecule has 0 bridgehead atoms. The largest absolute Gasteiger partial charge is 0.454 e. The van der Waals surface area contributed by atoms with E-state index < -0.39 is 6.04 Å². The van der Waals surface area contributed by atoms with E-state index in [4.69, 9.17) is 9.47 Å². The summed E-state index contributed by atoms with van der Waals surface area (Å²) in [7, 11) is 0. The van der Waals surface area contributed by atoms with E-state index in [1.807, 2.05) is 18.2 Å². The average molecular weight is 429 g/mol. The van der Waals surface area contributed by atoms with Crippen LogP contribution in [0.1, 0.15) is 22.9 Å². The molecule has 2 amide bonds. The van der Waals surface area contributed by atoms with Gasteiger partial charge in [0, 0.05) is 40.5 Å². The monoisotopic (exact) mass is 429 g/mol. The number of carbonyl (C=O) groups excluding carboxylic acids is 1. The average Bonchev–Trinajstić information content (AvgIpc) is 3.43. The van der Waals surface area contributed by atoms with Gasteiger partial charge in [-0.3, -0.25) is 0 Å². The normalized spacial score (nSPS) is 16.8. The number of hydrogen-bond donors (Lipinski definition) is 2. The quantitative estimate of drug-likeness (QED) is 0.459. The summed E-state index contributed by atoms with van der Waals surface area (Å²) in [6.45, 7) is 0.627. The molecule has 0 fully saturated rings. The zero-order valence-corrected chi connectivity index (χ0v) is 17.1. The Morgan fingerprint density at radius 3 is 2.75 bits per heavy atom. The summed E-state index contributed by atoms with van der Waals surface area (Å²) >= 11 is 0. The van der Waals surface area contributed by atoms with Crippen LogP contribution in [0.5, 0.6) is 11.5 Å². The van der Waals surface area contributed by atoms with Gasteiger partial charge in [-0.1, -0.05) is 36.4 Å². The van der Waals surface area contributed by atoms with E-state index in [0.717, 1.165) is 22.2 Å². The Bertz CT molecular complexity index is 1350. The number of urea groups is 1. The Hall–Kier alpha value is -4.00. The molecule has 0 unspecified atom stereocenters. The maximum Gasteiger partial charge on any atom is 0.322 e. The summed E-state index contributed by atoms with van der Waals surface area (Å²) in [4.78, 5) is 18.5. The highest BCUT2D eigenvalue weighted by atomic mass is 19.1. The molecule has 7 heteroatoms. The molecule has 1 aromatic heterocycles. The van der Waals surface area contributed by atoms with E-state index in [1.165, 1.54) is 6.07 Å². The van der Waals surface area contributed by atoms with Crippen LogP contribution in [0.25, 0.3) is 10.9 Å². The second kappa shape index (κ2) is 7.30. The second-order valence-corrected chi connectivity index (χ2v) is 7.93. The predicted molar refractivity (Wildman–Crippen MR) is 119 cm³/mol. The molecule has 160 valence electrons. The first-order valence-corrected chi connectivity index (χ1v) is 10.5. The molecule has 2 N–H and O–H groups in total. The minimum absolute atomic E-state index is 0.164. The van der Waals surface area contributed by atoms with E-state index in [-0.39, 0.29) is 18.6 Å². The van der Waals surface area contributed by atoms with Crippen LogP contribution in [-0.2, 0) is 6.42 Å². The lowest BCUT2D eigenvalue weighted by Crippen LogP contribution is -2.43. The molecule has 3 heterocycles. The maximum absolute atomic E-state index is 14.9. The van der Waals surface area contributed by atoms with Gasteiger partial charge in [0.2, 0.25) is 6.79 Å². The molecule has 6 rings (SSSR count). The number of nitrogens with zero attached hydrogens (tertiary/aromatic N) is 1. The van der Waals surface area contributed by atoms with Crippen molar-refractivity contribution in [2.75, 3.05) is 18.7 Å². The van der Waals surface area contributed by atoms with Crippen molar-refractivity contribution in [3.05, 3.63) is 89.4 Å². The van der Waals surface area contributed by atoms with E-state index >= 15 is 0 Å². The molecule has 32 heavy (non-hydrogen) atoms. The Morgan fingerprint density at radius 2 is 1.84 bits per heavy atom. The number of hydrogen-bond acceptors (Lipinski definition) is 3. The van der Waals surface area contributed by atoms with Gasteiger partial charge >= 0.3 is 6.03 Å². The molecule has 3 aromatic carbocycles. The summed E-state index contributed by atoms with van der Waals surface area (Å²) in [6, 6.07) is 19.0. The van der Waals surface area contributed by atoms with Gasteiger partial charge in [0.05, 0.1) is 0 Å². The van der Waals surface area contributed by atoms with Crippen LogP contribution in [0.4, 0.5) is 14.9 Å². The topological polar surface area (TPSA) is 66.6 Å². The van der Waals surface area contributed by atoms with Crippen molar-refractivity contribution in [1.82, 2.24) is 9.88 Å². The van der Waals surface area contributed by atoms with Gasteiger partial charge in [0.1, 0.15) is 11.9 Å². The van der Waals surface area contributed by atoms with Crippen molar-refractivity contribution < 1.29 is 18.7 Å². The highest BCUT2D eigenvalue weighted by molar-refractivity contribution is 5.92. The van der Waals surface area contributed by atoms with Crippen molar-refractivity contribution in [3.8, 4) is 11.5 Å². The molecule has 1 atom stereocenters. The van der Waals surface area contributed by atoms with Gasteiger partial charge in [-0.2, -0.15) is 0 Å². The van der Waals surface area contributed by atoms with Crippen molar-refractivity contribution in [1.29, 1.82) is 0 Å². The van der Waals surface area contributed by atoms with Gasteiger partial charge in [0.15, 0.2) is 11.5 Å². The fraction of sp³-hybridized carbons (Fsp3) is 0.160. The third-order valence-corrected chi connectivity index (χ3v) is 6.12. The second-order valence-electron chi connectivity index (χ2n) is 7.93. The lowest BCUT2D eigenvalue weighted by Gasteiger charge is -2.36. The van der Waals surface area contributed by atoms with Gasteiger partial charge in [-0.05, 0) is 36.2 Å². The number of H-pyrrole nitrogens is 1. The fourth-order valence-corrected chi connectivity index (χ4v) is 4.65. The van der Waals surface area contributed by atoms with Crippen molar-refractivity contribution in [3.63, 3.8) is 0 Å². The van der Waals surface area contributed by atoms with E-state index in [0.29, 0.717) is 35.7 Å². The summed E-state index contributed by atoms with van der Waals surface area (Å²) in [5.41, 5.74) is 4.01. The summed E-state index contributed by atoms with van der Waals surface area (Å²) in [6.07, 6.45) is 0.679. The molecule has 0 aliphatic carbocycles.